The van der Waals surface area contributed by atoms with E-state index in [2.05, 4.69) is 4.74 Å². The molecule has 0 atom stereocenters. The fourth-order valence-corrected chi connectivity index (χ4v) is 1.39. The Balaban J connectivity index is 3.21. The molecule has 104 valence electrons. The quantitative estimate of drug-likeness (QED) is 0.280. The van der Waals surface area contributed by atoms with Crippen LogP contribution in [0.25, 0.3) is 0 Å². The van der Waals surface area contributed by atoms with Crippen LogP contribution >= 0.6 is 0 Å². The van der Waals surface area contributed by atoms with Gasteiger partial charge in [0.05, 0.1) is 0 Å². The molecule has 0 aliphatic rings. The first-order valence-corrected chi connectivity index (χ1v) is 5.38. The molecule has 0 spiro atoms. The molecule has 7 heteroatoms. The van der Waals surface area contributed by atoms with Crippen LogP contribution < -0.4 is 0 Å². The Morgan fingerprint density at radius 1 is 1.00 bits per heavy atom. The molecule has 3 nitrogen and oxygen atoms in total. The van der Waals surface area contributed by atoms with Crippen LogP contribution in [0.5, 0.6) is 0 Å². The second-order valence-corrected chi connectivity index (χ2v) is 3.77. The molecule has 0 unspecified atom stereocenters. The fourth-order valence-electron chi connectivity index (χ4n) is 1.39. The fraction of sp³-hybridized carbons (Fsp3) is 0.333. The maximum atomic E-state index is 13.4. The van der Waals surface area contributed by atoms with Gasteiger partial charge in [0, 0.05) is 12.0 Å². The number of esters is 2. The average molecular weight is 278 g/mol. The Bertz CT molecular complexity index is 511. The van der Waals surface area contributed by atoms with Crippen LogP contribution in [0, 0.1) is 30.2 Å². The van der Waals surface area contributed by atoms with Crippen molar-refractivity contribution < 1.29 is 31.9 Å². The molecule has 0 aromatic heterocycles. The summed E-state index contributed by atoms with van der Waals surface area (Å²) in [6, 6.07) is 0. The first-order chi connectivity index (χ1) is 8.81. The number of hydrogen-bond donors (Lipinski definition) is 0. The second-order valence-electron chi connectivity index (χ2n) is 3.77. The van der Waals surface area contributed by atoms with Crippen LogP contribution in [-0.4, -0.2) is 11.9 Å². The predicted molar refractivity (Wildman–Crippen MR) is 56.3 cm³/mol. The summed E-state index contributed by atoms with van der Waals surface area (Å²) < 4.78 is 56.7. The van der Waals surface area contributed by atoms with Crippen molar-refractivity contribution >= 4 is 11.9 Å². The molecule has 0 heterocycles. The van der Waals surface area contributed by atoms with Gasteiger partial charge in [-0.1, -0.05) is 6.92 Å². The number of benzene rings is 1. The van der Waals surface area contributed by atoms with E-state index in [1.54, 1.807) is 6.92 Å². The van der Waals surface area contributed by atoms with Crippen molar-refractivity contribution in [2.24, 2.45) is 0 Å². The lowest BCUT2D eigenvalue weighted by Gasteiger charge is -2.09. The van der Waals surface area contributed by atoms with Crippen molar-refractivity contribution in [3.05, 3.63) is 34.4 Å². The summed E-state index contributed by atoms with van der Waals surface area (Å²) in [5.74, 6) is -10.2. The molecule has 0 radical (unpaired) electrons. The van der Waals surface area contributed by atoms with Gasteiger partial charge in [0.25, 0.3) is 0 Å². The topological polar surface area (TPSA) is 43.4 Å². The highest BCUT2D eigenvalue weighted by atomic mass is 19.2. The van der Waals surface area contributed by atoms with Crippen molar-refractivity contribution in [2.45, 2.75) is 26.7 Å². The Labute approximate surface area is 106 Å². The SMILES string of the molecule is CCCC(=O)OC(=O)c1c(C)c(F)c(F)c(F)c1F. The molecule has 1 aromatic carbocycles. The van der Waals surface area contributed by atoms with E-state index >= 15 is 0 Å². The minimum Gasteiger partial charge on any atom is -0.389 e. The standard InChI is InChI=1S/C12H10F4O3/c1-3-4-6(17)19-12(18)7-5(2)8(13)10(15)11(16)9(7)14/h3-4H2,1-2H3. The first-order valence-electron chi connectivity index (χ1n) is 5.38. The summed E-state index contributed by atoms with van der Waals surface area (Å²) in [5.41, 5.74) is -1.88. The van der Waals surface area contributed by atoms with Gasteiger partial charge < -0.3 is 4.74 Å². The normalized spacial score (nSPS) is 10.4. The molecule has 1 rings (SSSR count). The summed E-state index contributed by atoms with van der Waals surface area (Å²) in [6.07, 6.45) is 0.262. The highest BCUT2D eigenvalue weighted by Crippen LogP contribution is 2.24. The van der Waals surface area contributed by atoms with Gasteiger partial charge in [0.1, 0.15) is 5.56 Å². The third-order valence-corrected chi connectivity index (χ3v) is 2.37. The zero-order valence-electron chi connectivity index (χ0n) is 10.2. The maximum Gasteiger partial charge on any atom is 0.349 e. The highest BCUT2D eigenvalue weighted by molar-refractivity contribution is 5.98. The van der Waals surface area contributed by atoms with Crippen LogP contribution in [0.3, 0.4) is 0 Å². The smallest absolute Gasteiger partial charge is 0.349 e. The Kier molecular flexibility index (Phi) is 4.63. The lowest BCUT2D eigenvalue weighted by molar-refractivity contribution is -0.138. The van der Waals surface area contributed by atoms with Crippen LogP contribution in [0.1, 0.15) is 35.7 Å². The van der Waals surface area contributed by atoms with Gasteiger partial charge in [-0.2, -0.15) is 0 Å². The maximum absolute atomic E-state index is 13.4. The van der Waals surface area contributed by atoms with E-state index in [-0.39, 0.29) is 6.42 Å². The second kappa shape index (κ2) is 5.81. The number of carbonyl (C=O) groups is 2. The van der Waals surface area contributed by atoms with E-state index in [1.807, 2.05) is 0 Å². The molecule has 0 saturated carbocycles. The van der Waals surface area contributed by atoms with Crippen LogP contribution in [-0.2, 0) is 9.53 Å². The molecule has 0 aliphatic heterocycles. The molecule has 0 fully saturated rings. The molecule has 0 N–H and O–H groups in total. The van der Waals surface area contributed by atoms with Gasteiger partial charge in [-0.25, -0.2) is 22.4 Å². The van der Waals surface area contributed by atoms with Gasteiger partial charge in [-0.3, -0.25) is 4.79 Å². The summed E-state index contributed by atoms with van der Waals surface area (Å²) in [7, 11) is 0. The number of hydrogen-bond acceptors (Lipinski definition) is 3. The highest BCUT2D eigenvalue weighted by Gasteiger charge is 2.28. The van der Waals surface area contributed by atoms with E-state index in [0.29, 0.717) is 6.42 Å². The zero-order valence-corrected chi connectivity index (χ0v) is 10.2. The van der Waals surface area contributed by atoms with E-state index in [0.717, 1.165) is 6.92 Å². The molecule has 0 aliphatic carbocycles. The molecule has 0 bridgehead atoms. The van der Waals surface area contributed by atoms with Crippen molar-refractivity contribution in [2.75, 3.05) is 0 Å². The third kappa shape index (κ3) is 2.91. The molecular formula is C12H10F4O3. The van der Waals surface area contributed by atoms with Crippen molar-refractivity contribution in [1.82, 2.24) is 0 Å². The van der Waals surface area contributed by atoms with E-state index in [9.17, 15) is 27.2 Å². The molecule has 1 aromatic rings. The Morgan fingerprint density at radius 2 is 1.53 bits per heavy atom. The number of rotatable bonds is 3. The van der Waals surface area contributed by atoms with E-state index in [4.69, 9.17) is 0 Å². The van der Waals surface area contributed by atoms with Gasteiger partial charge in [-0.15, -0.1) is 0 Å². The van der Waals surface area contributed by atoms with Crippen LogP contribution in [0.2, 0.25) is 0 Å². The van der Waals surface area contributed by atoms with E-state index in [1.165, 1.54) is 0 Å². The molecule has 19 heavy (non-hydrogen) atoms. The molecule has 0 saturated heterocycles. The van der Waals surface area contributed by atoms with Gasteiger partial charge in [0.2, 0.25) is 0 Å². The van der Waals surface area contributed by atoms with Gasteiger partial charge >= 0.3 is 11.9 Å². The molecular weight excluding hydrogens is 268 g/mol. The zero-order chi connectivity index (χ0) is 14.7. The van der Waals surface area contributed by atoms with Gasteiger partial charge in [-0.05, 0) is 13.3 Å². The van der Waals surface area contributed by atoms with Crippen LogP contribution in [0.15, 0.2) is 0 Å². The molecule has 0 amide bonds. The number of ether oxygens (including phenoxy) is 1. The van der Waals surface area contributed by atoms with Crippen molar-refractivity contribution in [1.29, 1.82) is 0 Å². The monoisotopic (exact) mass is 278 g/mol. The Morgan fingerprint density at radius 3 is 2.05 bits per heavy atom. The summed E-state index contributed by atoms with van der Waals surface area (Å²) in [4.78, 5) is 22.5. The summed E-state index contributed by atoms with van der Waals surface area (Å²) >= 11 is 0. The predicted octanol–water partition coefficient (Wildman–Crippen LogP) is 3.03. The van der Waals surface area contributed by atoms with Crippen molar-refractivity contribution in [3.63, 3.8) is 0 Å². The lowest BCUT2D eigenvalue weighted by Crippen LogP contribution is -2.17. The number of carbonyl (C=O) groups excluding carboxylic acids is 2. The number of halogens is 4. The van der Waals surface area contributed by atoms with E-state index < -0.39 is 46.3 Å². The third-order valence-electron chi connectivity index (χ3n) is 2.37. The minimum atomic E-state index is -2.13. The largest absolute Gasteiger partial charge is 0.389 e. The van der Waals surface area contributed by atoms with Gasteiger partial charge in [0.15, 0.2) is 23.3 Å². The van der Waals surface area contributed by atoms with Crippen molar-refractivity contribution in [3.8, 4) is 0 Å². The Hall–Kier alpha value is -1.92. The summed E-state index contributed by atoms with van der Waals surface area (Å²) in [6.45, 7) is 2.51. The van der Waals surface area contributed by atoms with Crippen LogP contribution in [0.4, 0.5) is 17.6 Å². The lowest BCUT2D eigenvalue weighted by atomic mass is 10.1. The average Bonchev–Trinajstić information content (AvgIpc) is 2.34. The first kappa shape index (κ1) is 15.1. The minimum absolute atomic E-state index is 0.113. The summed E-state index contributed by atoms with van der Waals surface area (Å²) in [5, 5.41) is 0.